The van der Waals surface area contributed by atoms with Gasteiger partial charge in [0.2, 0.25) is 5.91 Å². The van der Waals surface area contributed by atoms with E-state index < -0.39 is 18.0 Å². The van der Waals surface area contributed by atoms with Crippen molar-refractivity contribution >= 4 is 11.9 Å². The van der Waals surface area contributed by atoms with Crippen molar-refractivity contribution in [3.8, 4) is 0 Å². The molecule has 94 valence electrons. The molecule has 0 saturated heterocycles. The number of nitrogens with two attached hydrogens (primary N) is 2. The number of carbonyl (C=O) groups excluding carboxylic acids is 2. The molecule has 0 fully saturated rings. The minimum absolute atomic E-state index is 0.428. The summed E-state index contributed by atoms with van der Waals surface area (Å²) in [5, 5.41) is 2.03. The lowest BCUT2D eigenvalue weighted by Gasteiger charge is -2.26. The summed E-state index contributed by atoms with van der Waals surface area (Å²) in [5.41, 5.74) is 10.3. The minimum atomic E-state index is -0.851. The lowest BCUT2D eigenvalue weighted by molar-refractivity contribution is -0.124. The second-order valence-corrected chi connectivity index (χ2v) is 3.35. The first-order valence-electron chi connectivity index (χ1n) is 5.06. The average Bonchev–Trinajstić information content (AvgIpc) is 2.22. The predicted molar refractivity (Wildman–Crippen MR) is 59.7 cm³/mol. The van der Waals surface area contributed by atoms with Gasteiger partial charge >= 0.3 is 6.03 Å². The van der Waals surface area contributed by atoms with Crippen LogP contribution >= 0.6 is 0 Å². The van der Waals surface area contributed by atoms with Crippen molar-refractivity contribution in [1.29, 1.82) is 0 Å². The fourth-order valence-electron chi connectivity index (χ4n) is 1.27. The highest BCUT2D eigenvalue weighted by atomic mass is 16.5. The Morgan fingerprint density at radius 2 is 2.06 bits per heavy atom. The van der Waals surface area contributed by atoms with E-state index in [0.717, 1.165) is 0 Å². The topological polar surface area (TPSA) is 111 Å². The number of imide groups is 1. The van der Waals surface area contributed by atoms with Crippen LogP contribution in [0.5, 0.6) is 0 Å². The van der Waals surface area contributed by atoms with Crippen molar-refractivity contribution < 1.29 is 14.3 Å². The second kappa shape index (κ2) is 8.03. The van der Waals surface area contributed by atoms with Gasteiger partial charge in [0.15, 0.2) is 0 Å². The molecule has 0 rings (SSSR count). The maximum absolute atomic E-state index is 11.5. The Labute approximate surface area is 95.1 Å². The molecule has 1 atom stereocenters. The van der Waals surface area contributed by atoms with Crippen LogP contribution in [0.3, 0.4) is 0 Å². The highest BCUT2D eigenvalue weighted by molar-refractivity contribution is 5.96. The number of amides is 3. The molecule has 0 aromatic heterocycles. The Kier molecular flexibility index (Phi) is 7.44. The van der Waals surface area contributed by atoms with Gasteiger partial charge in [0.25, 0.3) is 0 Å². The molecule has 0 saturated carbocycles. The van der Waals surface area contributed by atoms with E-state index in [1.54, 1.807) is 14.0 Å². The second-order valence-electron chi connectivity index (χ2n) is 3.35. The lowest BCUT2D eigenvalue weighted by atomic mass is 10.2. The molecule has 0 aromatic rings. The predicted octanol–water partition coefficient (Wildman–Crippen LogP) is -1.52. The zero-order valence-electron chi connectivity index (χ0n) is 9.73. The van der Waals surface area contributed by atoms with Gasteiger partial charge in [-0.25, -0.2) is 4.79 Å². The largest absolute Gasteiger partial charge is 0.383 e. The molecule has 0 aliphatic heterocycles. The molecular weight excluding hydrogens is 212 g/mol. The molecule has 0 aliphatic rings. The molecule has 3 amide bonds. The fourth-order valence-corrected chi connectivity index (χ4v) is 1.27. The fraction of sp³-hybridized carbons (Fsp3) is 0.778. The minimum Gasteiger partial charge on any atom is -0.383 e. The van der Waals surface area contributed by atoms with Crippen molar-refractivity contribution in [3.63, 3.8) is 0 Å². The van der Waals surface area contributed by atoms with Crippen molar-refractivity contribution in [3.05, 3.63) is 0 Å². The van der Waals surface area contributed by atoms with Crippen LogP contribution in [0.4, 0.5) is 4.79 Å². The van der Waals surface area contributed by atoms with E-state index in [1.807, 2.05) is 10.2 Å². The number of hydrogen-bond donors (Lipinski definition) is 3. The molecule has 0 aromatic carbocycles. The SMILES string of the molecule is COCCN(CCN)C(C)C(=O)NC(N)=O. The number of carbonyl (C=O) groups is 2. The van der Waals surface area contributed by atoms with E-state index in [9.17, 15) is 9.59 Å². The maximum Gasteiger partial charge on any atom is 0.318 e. The molecule has 7 nitrogen and oxygen atoms in total. The number of primary amides is 1. The zero-order valence-corrected chi connectivity index (χ0v) is 9.73. The van der Waals surface area contributed by atoms with Crippen LogP contribution in [-0.2, 0) is 9.53 Å². The number of nitrogens with one attached hydrogen (secondary N) is 1. The molecule has 7 heteroatoms. The van der Waals surface area contributed by atoms with Crippen LogP contribution < -0.4 is 16.8 Å². The van der Waals surface area contributed by atoms with Gasteiger partial charge in [-0.05, 0) is 6.92 Å². The van der Waals surface area contributed by atoms with Crippen LogP contribution in [-0.4, -0.2) is 56.2 Å². The molecule has 0 radical (unpaired) electrons. The number of rotatable bonds is 7. The summed E-state index contributed by atoms with van der Waals surface area (Å²) >= 11 is 0. The van der Waals surface area contributed by atoms with Gasteiger partial charge in [-0.2, -0.15) is 0 Å². The molecule has 0 heterocycles. The monoisotopic (exact) mass is 232 g/mol. The Morgan fingerprint density at radius 3 is 2.50 bits per heavy atom. The van der Waals surface area contributed by atoms with Gasteiger partial charge in [-0.15, -0.1) is 0 Å². The highest BCUT2D eigenvalue weighted by Crippen LogP contribution is 1.98. The Morgan fingerprint density at radius 1 is 1.44 bits per heavy atom. The first-order chi connectivity index (χ1) is 7.52. The maximum atomic E-state index is 11.5. The first kappa shape index (κ1) is 14.8. The summed E-state index contributed by atoms with van der Waals surface area (Å²) in [7, 11) is 1.58. The quantitative estimate of drug-likeness (QED) is 0.493. The van der Waals surface area contributed by atoms with Gasteiger partial charge in [0.1, 0.15) is 0 Å². The van der Waals surface area contributed by atoms with Crippen molar-refractivity contribution in [2.24, 2.45) is 11.5 Å². The summed E-state index contributed by atoms with van der Waals surface area (Å²) < 4.78 is 4.92. The Bertz CT molecular complexity index is 235. The Hall–Kier alpha value is -1.18. The van der Waals surface area contributed by atoms with Gasteiger partial charge in [-0.1, -0.05) is 0 Å². The van der Waals surface area contributed by atoms with Gasteiger partial charge in [-0.3, -0.25) is 15.0 Å². The van der Waals surface area contributed by atoms with Crippen molar-refractivity contribution in [2.75, 3.05) is 33.4 Å². The zero-order chi connectivity index (χ0) is 12.6. The Balaban J connectivity index is 4.28. The number of nitrogens with zero attached hydrogens (tertiary/aromatic N) is 1. The molecule has 1 unspecified atom stereocenters. The van der Waals surface area contributed by atoms with E-state index in [4.69, 9.17) is 16.2 Å². The van der Waals surface area contributed by atoms with Gasteiger partial charge in [0.05, 0.1) is 12.6 Å². The first-order valence-corrected chi connectivity index (χ1v) is 5.06. The summed E-state index contributed by atoms with van der Waals surface area (Å²) in [6.45, 7) is 3.73. The van der Waals surface area contributed by atoms with Crippen molar-refractivity contribution in [2.45, 2.75) is 13.0 Å². The summed E-state index contributed by atoms with van der Waals surface area (Å²) in [5.74, 6) is -0.433. The molecule has 16 heavy (non-hydrogen) atoms. The molecule has 0 aliphatic carbocycles. The van der Waals surface area contributed by atoms with Crippen molar-refractivity contribution in [1.82, 2.24) is 10.2 Å². The van der Waals surface area contributed by atoms with Gasteiger partial charge < -0.3 is 16.2 Å². The molecule has 0 spiro atoms. The molecule has 0 bridgehead atoms. The number of ether oxygens (including phenoxy) is 1. The van der Waals surface area contributed by atoms with E-state index in [2.05, 4.69) is 0 Å². The van der Waals surface area contributed by atoms with E-state index in [1.165, 1.54) is 0 Å². The summed E-state index contributed by atoms with van der Waals surface area (Å²) in [4.78, 5) is 23.8. The summed E-state index contributed by atoms with van der Waals surface area (Å²) in [6.07, 6.45) is 0. The smallest absolute Gasteiger partial charge is 0.318 e. The molecule has 5 N–H and O–H groups in total. The number of urea groups is 1. The third-order valence-corrected chi connectivity index (χ3v) is 2.17. The standard InChI is InChI=1S/C9H20N4O3/c1-7(8(14)12-9(11)15)13(4-3-10)5-6-16-2/h7H,3-6,10H2,1-2H3,(H3,11,12,14,15). The van der Waals surface area contributed by atoms with Crippen LogP contribution in [0.2, 0.25) is 0 Å². The average molecular weight is 232 g/mol. The van der Waals surface area contributed by atoms with E-state index >= 15 is 0 Å². The molecular formula is C9H20N4O3. The van der Waals surface area contributed by atoms with Crippen LogP contribution in [0.25, 0.3) is 0 Å². The number of methoxy groups -OCH3 is 1. The number of hydrogen-bond acceptors (Lipinski definition) is 5. The van der Waals surface area contributed by atoms with E-state index in [0.29, 0.717) is 26.2 Å². The van der Waals surface area contributed by atoms with Crippen LogP contribution in [0, 0.1) is 0 Å². The van der Waals surface area contributed by atoms with Crippen LogP contribution in [0.1, 0.15) is 6.92 Å². The van der Waals surface area contributed by atoms with E-state index in [-0.39, 0.29) is 0 Å². The van der Waals surface area contributed by atoms with Gasteiger partial charge in [0, 0.05) is 26.7 Å². The highest BCUT2D eigenvalue weighted by Gasteiger charge is 2.21. The third-order valence-electron chi connectivity index (χ3n) is 2.17. The lowest BCUT2D eigenvalue weighted by Crippen LogP contribution is -2.50. The van der Waals surface area contributed by atoms with Crippen LogP contribution in [0.15, 0.2) is 0 Å². The summed E-state index contributed by atoms with van der Waals surface area (Å²) in [6, 6.07) is -1.32. The third kappa shape index (κ3) is 5.64. The normalized spacial score (nSPS) is 12.5.